The average molecular weight is 322 g/mol. The van der Waals surface area contributed by atoms with Gasteiger partial charge in [-0.3, -0.25) is 0 Å². The van der Waals surface area contributed by atoms with E-state index < -0.39 is 11.9 Å². The monoisotopic (exact) mass is 322 g/mol. The van der Waals surface area contributed by atoms with Crippen LogP contribution in [0.5, 0.6) is 5.75 Å². The number of para-hydroxylation sites is 1. The Kier molecular flexibility index (Phi) is 4.15. The maximum Gasteiger partial charge on any atom is 0.433 e. The molecule has 1 aliphatic rings. The van der Waals surface area contributed by atoms with Gasteiger partial charge in [0.25, 0.3) is 0 Å². The number of halogens is 3. The van der Waals surface area contributed by atoms with Crippen LogP contribution in [0.25, 0.3) is 0 Å². The Labute approximate surface area is 132 Å². The van der Waals surface area contributed by atoms with E-state index in [1.807, 2.05) is 29.2 Å². The second kappa shape index (κ2) is 6.10. The van der Waals surface area contributed by atoms with Crippen molar-refractivity contribution in [3.63, 3.8) is 0 Å². The fraction of sp³-hybridized carbons (Fsp3) is 0.353. The van der Waals surface area contributed by atoms with Crippen LogP contribution in [0.2, 0.25) is 0 Å². The molecule has 0 bridgehead atoms. The van der Waals surface area contributed by atoms with Gasteiger partial charge >= 0.3 is 6.18 Å². The van der Waals surface area contributed by atoms with Crippen LogP contribution in [-0.4, -0.2) is 25.2 Å². The highest BCUT2D eigenvalue weighted by atomic mass is 19.4. The van der Waals surface area contributed by atoms with Crippen molar-refractivity contribution < 1.29 is 17.9 Å². The van der Waals surface area contributed by atoms with Crippen LogP contribution < -0.4 is 9.64 Å². The highest BCUT2D eigenvalue weighted by Crippen LogP contribution is 2.36. The summed E-state index contributed by atoms with van der Waals surface area (Å²) in [6.45, 7) is 1.31. The summed E-state index contributed by atoms with van der Waals surface area (Å²) in [6.07, 6.45) is -3.56. The molecule has 2 heterocycles. The molecule has 0 radical (unpaired) electrons. The largest absolute Gasteiger partial charge is 0.496 e. The van der Waals surface area contributed by atoms with Crippen molar-refractivity contribution in [1.29, 1.82) is 0 Å². The van der Waals surface area contributed by atoms with Crippen molar-refractivity contribution >= 4 is 5.82 Å². The Morgan fingerprint density at radius 2 is 1.91 bits per heavy atom. The molecule has 6 heteroatoms. The Hall–Kier alpha value is -2.24. The van der Waals surface area contributed by atoms with E-state index in [0.717, 1.165) is 23.8 Å². The third-order valence-electron chi connectivity index (χ3n) is 4.12. The minimum absolute atomic E-state index is 0.225. The minimum atomic E-state index is -4.42. The smallest absolute Gasteiger partial charge is 0.433 e. The van der Waals surface area contributed by atoms with E-state index in [2.05, 4.69) is 4.98 Å². The van der Waals surface area contributed by atoms with Crippen LogP contribution in [0, 0.1) is 0 Å². The number of aromatic nitrogens is 1. The highest BCUT2D eigenvalue weighted by molar-refractivity contribution is 5.45. The lowest BCUT2D eigenvalue weighted by Crippen LogP contribution is -2.22. The summed E-state index contributed by atoms with van der Waals surface area (Å²) in [5.41, 5.74) is 0.236. The molecular weight excluding hydrogens is 305 g/mol. The molecular formula is C17H17F3N2O. The third-order valence-corrected chi connectivity index (χ3v) is 4.12. The van der Waals surface area contributed by atoms with Crippen LogP contribution in [0.3, 0.4) is 0 Å². The first-order valence-corrected chi connectivity index (χ1v) is 7.41. The van der Waals surface area contributed by atoms with E-state index >= 15 is 0 Å². The normalized spacial score (nSPS) is 18.3. The number of hydrogen-bond acceptors (Lipinski definition) is 3. The zero-order chi connectivity index (χ0) is 16.4. The van der Waals surface area contributed by atoms with Gasteiger partial charge in [0.05, 0.1) is 7.11 Å². The molecule has 1 saturated heterocycles. The number of hydrogen-bond donors (Lipinski definition) is 0. The van der Waals surface area contributed by atoms with Gasteiger partial charge in [-0.25, -0.2) is 4.98 Å². The predicted octanol–water partition coefficient (Wildman–Crippen LogP) is 4.10. The molecule has 2 aromatic rings. The van der Waals surface area contributed by atoms with Crippen molar-refractivity contribution in [2.45, 2.75) is 18.5 Å². The zero-order valence-electron chi connectivity index (χ0n) is 12.7. The molecule has 0 aliphatic carbocycles. The molecule has 122 valence electrons. The molecule has 3 nitrogen and oxygen atoms in total. The maximum atomic E-state index is 12.8. The highest BCUT2D eigenvalue weighted by Gasteiger charge is 2.34. The number of rotatable bonds is 3. The molecule has 1 unspecified atom stereocenters. The van der Waals surface area contributed by atoms with Crippen LogP contribution in [0.4, 0.5) is 19.0 Å². The first-order valence-electron chi connectivity index (χ1n) is 7.41. The maximum absolute atomic E-state index is 12.8. The Bertz CT molecular complexity index is 688. The molecule has 23 heavy (non-hydrogen) atoms. The second-order valence-corrected chi connectivity index (χ2v) is 5.55. The molecule has 1 aromatic carbocycles. The summed E-state index contributed by atoms with van der Waals surface area (Å²) >= 11 is 0. The zero-order valence-corrected chi connectivity index (χ0v) is 12.7. The van der Waals surface area contributed by atoms with Crippen molar-refractivity contribution in [3.05, 3.63) is 53.7 Å². The van der Waals surface area contributed by atoms with Gasteiger partial charge in [0.2, 0.25) is 0 Å². The van der Waals surface area contributed by atoms with Gasteiger partial charge in [-0.15, -0.1) is 0 Å². The lowest BCUT2D eigenvalue weighted by atomic mass is 9.97. The molecule has 0 saturated carbocycles. The molecule has 1 aliphatic heterocycles. The quantitative estimate of drug-likeness (QED) is 0.850. The number of benzene rings is 1. The van der Waals surface area contributed by atoms with Gasteiger partial charge in [-0.2, -0.15) is 13.2 Å². The Morgan fingerprint density at radius 1 is 1.13 bits per heavy atom. The molecule has 1 aromatic heterocycles. The van der Waals surface area contributed by atoms with Gasteiger partial charge in [0.15, 0.2) is 0 Å². The number of alkyl halides is 3. The second-order valence-electron chi connectivity index (χ2n) is 5.55. The summed E-state index contributed by atoms with van der Waals surface area (Å²) in [5.74, 6) is 1.41. The standard InChI is InChI=1S/C17H17F3N2O/c1-23-14-6-3-2-5-13(14)12-9-10-22(11-12)16-8-4-7-15(21-16)17(18,19)20/h2-8,12H,9-11H2,1H3. The fourth-order valence-electron chi connectivity index (χ4n) is 2.98. The molecule has 1 atom stereocenters. The molecule has 1 fully saturated rings. The van der Waals surface area contributed by atoms with Gasteiger partial charge in [0, 0.05) is 19.0 Å². The van der Waals surface area contributed by atoms with E-state index in [1.165, 1.54) is 6.07 Å². The third kappa shape index (κ3) is 3.25. The summed E-state index contributed by atoms with van der Waals surface area (Å²) < 4.78 is 43.8. The summed E-state index contributed by atoms with van der Waals surface area (Å²) in [7, 11) is 1.62. The number of pyridine rings is 1. The fourth-order valence-corrected chi connectivity index (χ4v) is 2.98. The Morgan fingerprint density at radius 3 is 2.65 bits per heavy atom. The van der Waals surface area contributed by atoms with Crippen LogP contribution in [0.1, 0.15) is 23.6 Å². The van der Waals surface area contributed by atoms with Gasteiger partial charge in [-0.1, -0.05) is 24.3 Å². The number of anilines is 1. The van der Waals surface area contributed by atoms with Crippen molar-refractivity contribution in [2.75, 3.05) is 25.1 Å². The summed E-state index contributed by atoms with van der Waals surface area (Å²) in [5, 5.41) is 0. The summed E-state index contributed by atoms with van der Waals surface area (Å²) in [4.78, 5) is 5.66. The van der Waals surface area contributed by atoms with E-state index in [-0.39, 0.29) is 5.92 Å². The van der Waals surface area contributed by atoms with E-state index in [1.54, 1.807) is 13.2 Å². The number of methoxy groups -OCH3 is 1. The van der Waals surface area contributed by atoms with Crippen molar-refractivity contribution in [2.24, 2.45) is 0 Å². The minimum Gasteiger partial charge on any atom is -0.496 e. The predicted molar refractivity (Wildman–Crippen MR) is 81.8 cm³/mol. The molecule has 0 N–H and O–H groups in total. The first-order chi connectivity index (χ1) is 11.0. The molecule has 3 rings (SSSR count). The molecule has 0 spiro atoms. The average Bonchev–Trinajstić information content (AvgIpc) is 3.04. The van der Waals surface area contributed by atoms with E-state index in [0.29, 0.717) is 18.9 Å². The van der Waals surface area contributed by atoms with E-state index in [4.69, 9.17) is 4.74 Å². The lowest BCUT2D eigenvalue weighted by molar-refractivity contribution is -0.141. The lowest BCUT2D eigenvalue weighted by Gasteiger charge is -2.19. The number of ether oxygens (including phenoxy) is 1. The van der Waals surface area contributed by atoms with Gasteiger partial charge < -0.3 is 9.64 Å². The van der Waals surface area contributed by atoms with Gasteiger partial charge in [-0.05, 0) is 30.2 Å². The van der Waals surface area contributed by atoms with Crippen LogP contribution in [-0.2, 0) is 6.18 Å². The SMILES string of the molecule is COc1ccccc1C1CCN(c2cccc(C(F)(F)F)n2)C1. The van der Waals surface area contributed by atoms with Gasteiger partial charge in [0.1, 0.15) is 17.3 Å². The summed E-state index contributed by atoms with van der Waals surface area (Å²) in [6, 6.07) is 11.8. The van der Waals surface area contributed by atoms with Crippen molar-refractivity contribution in [1.82, 2.24) is 4.98 Å². The number of nitrogens with zero attached hydrogens (tertiary/aromatic N) is 2. The Balaban J connectivity index is 1.80. The molecule has 0 amide bonds. The van der Waals surface area contributed by atoms with E-state index in [9.17, 15) is 13.2 Å². The van der Waals surface area contributed by atoms with Crippen molar-refractivity contribution in [3.8, 4) is 5.75 Å². The van der Waals surface area contributed by atoms with Crippen LogP contribution >= 0.6 is 0 Å². The first kappa shape index (κ1) is 15.6. The topological polar surface area (TPSA) is 25.4 Å². The van der Waals surface area contributed by atoms with Crippen LogP contribution in [0.15, 0.2) is 42.5 Å².